The first kappa shape index (κ1) is 20.5. The van der Waals surface area contributed by atoms with Gasteiger partial charge in [-0.25, -0.2) is 17.2 Å². The van der Waals surface area contributed by atoms with Crippen molar-refractivity contribution in [3.8, 4) is 0 Å². The van der Waals surface area contributed by atoms with Gasteiger partial charge in [-0.1, -0.05) is 0 Å². The maximum Gasteiger partial charge on any atom is 0.324 e. The van der Waals surface area contributed by atoms with Crippen molar-refractivity contribution in [2.24, 2.45) is 0 Å². The molecule has 1 atom stereocenters. The van der Waals surface area contributed by atoms with E-state index in [0.717, 1.165) is 36.4 Å². The summed E-state index contributed by atoms with van der Waals surface area (Å²) in [6.45, 7) is 0.583. The molecule has 0 spiro atoms. The van der Waals surface area contributed by atoms with Gasteiger partial charge in [0.2, 0.25) is 10.0 Å². The molecule has 2 aromatic carbocycles. The van der Waals surface area contributed by atoms with Crippen molar-refractivity contribution >= 4 is 27.6 Å². The Morgan fingerprint density at radius 3 is 2.07 bits per heavy atom. The minimum Gasteiger partial charge on any atom is -0.454 e. The highest BCUT2D eigenvalue weighted by Crippen LogP contribution is 2.11. The van der Waals surface area contributed by atoms with E-state index in [-0.39, 0.29) is 4.90 Å². The van der Waals surface area contributed by atoms with Crippen LogP contribution < -0.4 is 10.0 Å². The van der Waals surface area contributed by atoms with E-state index < -0.39 is 46.2 Å². The van der Waals surface area contributed by atoms with Crippen LogP contribution in [0.4, 0.5) is 14.5 Å². The Bertz CT molecular complexity index is 915. The molecule has 1 amide bonds. The predicted octanol–water partition coefficient (Wildman–Crippen LogP) is 1.81. The second-order valence-electron chi connectivity index (χ2n) is 5.46. The lowest BCUT2D eigenvalue weighted by atomic mass is 10.3. The number of esters is 1. The minimum absolute atomic E-state index is 0.224. The molecule has 2 N–H and O–H groups in total. The normalized spacial score (nSPS) is 12.3. The Morgan fingerprint density at radius 2 is 1.52 bits per heavy atom. The molecule has 10 heteroatoms. The average molecular weight is 398 g/mol. The van der Waals surface area contributed by atoms with Crippen molar-refractivity contribution in [3.05, 3.63) is 60.2 Å². The molecule has 2 rings (SSSR count). The number of amides is 1. The maximum atomic E-state index is 12.9. The zero-order valence-corrected chi connectivity index (χ0v) is 14.9. The molecule has 2 aromatic rings. The van der Waals surface area contributed by atoms with Crippen molar-refractivity contribution in [3.63, 3.8) is 0 Å². The van der Waals surface area contributed by atoms with Crippen LogP contribution in [0.3, 0.4) is 0 Å². The Morgan fingerprint density at radius 1 is 1.00 bits per heavy atom. The van der Waals surface area contributed by atoms with Gasteiger partial charge in [-0.3, -0.25) is 9.59 Å². The molecule has 0 bridgehead atoms. The van der Waals surface area contributed by atoms with Gasteiger partial charge in [0.25, 0.3) is 5.91 Å². The molecule has 0 heterocycles. The van der Waals surface area contributed by atoms with Gasteiger partial charge >= 0.3 is 5.97 Å². The molecule has 0 aliphatic heterocycles. The van der Waals surface area contributed by atoms with Crippen LogP contribution in [0.1, 0.15) is 6.92 Å². The molecule has 0 aliphatic rings. The van der Waals surface area contributed by atoms with E-state index in [4.69, 9.17) is 4.74 Å². The van der Waals surface area contributed by atoms with Crippen LogP contribution in [0.25, 0.3) is 0 Å². The van der Waals surface area contributed by atoms with Crippen LogP contribution in [-0.4, -0.2) is 32.9 Å². The third-order valence-electron chi connectivity index (χ3n) is 3.28. The summed E-state index contributed by atoms with van der Waals surface area (Å²) in [4.78, 5) is 23.4. The van der Waals surface area contributed by atoms with Gasteiger partial charge in [0.05, 0.1) is 4.90 Å². The first-order valence-corrected chi connectivity index (χ1v) is 9.15. The summed E-state index contributed by atoms with van der Waals surface area (Å²) in [5, 5.41) is 2.39. The molecular formula is C17H16F2N2O5S. The van der Waals surface area contributed by atoms with E-state index in [2.05, 4.69) is 10.0 Å². The molecule has 7 nitrogen and oxygen atoms in total. The molecule has 144 valence electrons. The van der Waals surface area contributed by atoms with Gasteiger partial charge in [0.1, 0.15) is 17.7 Å². The topological polar surface area (TPSA) is 102 Å². The maximum absolute atomic E-state index is 12.9. The summed E-state index contributed by atoms with van der Waals surface area (Å²) in [6, 6.07) is 7.70. The number of halogens is 2. The Balaban J connectivity index is 1.86. The van der Waals surface area contributed by atoms with Crippen LogP contribution >= 0.6 is 0 Å². The third kappa shape index (κ3) is 6.12. The lowest BCUT2D eigenvalue weighted by Gasteiger charge is -2.14. The van der Waals surface area contributed by atoms with Crippen LogP contribution in [0.5, 0.6) is 0 Å². The van der Waals surface area contributed by atoms with E-state index >= 15 is 0 Å². The molecule has 0 aromatic heterocycles. The van der Waals surface area contributed by atoms with Crippen LogP contribution in [-0.2, 0) is 24.3 Å². The van der Waals surface area contributed by atoms with E-state index in [9.17, 15) is 26.8 Å². The first-order valence-electron chi connectivity index (χ1n) is 7.67. The van der Waals surface area contributed by atoms with Gasteiger partial charge in [-0.2, -0.15) is 4.72 Å². The second-order valence-corrected chi connectivity index (χ2v) is 7.17. The van der Waals surface area contributed by atoms with Gasteiger partial charge in [0, 0.05) is 5.69 Å². The number of ether oxygens (including phenoxy) is 1. The zero-order valence-electron chi connectivity index (χ0n) is 14.1. The van der Waals surface area contributed by atoms with Gasteiger partial charge in [-0.15, -0.1) is 0 Å². The highest BCUT2D eigenvalue weighted by atomic mass is 32.2. The van der Waals surface area contributed by atoms with E-state index in [0.29, 0.717) is 5.69 Å². The van der Waals surface area contributed by atoms with Crippen LogP contribution in [0.2, 0.25) is 0 Å². The number of hydrogen-bond donors (Lipinski definition) is 2. The standard InChI is InChI=1S/C17H16F2N2O5S/c1-11(21-27(24,25)15-8-4-13(19)5-9-15)17(23)26-10-16(22)20-14-6-2-12(18)3-7-14/h2-9,11,21H,10H2,1H3,(H,20,22)/t11-/m0/s1. The number of nitrogens with one attached hydrogen (secondary N) is 2. The van der Waals surface area contributed by atoms with Crippen molar-refractivity contribution < 1.29 is 31.5 Å². The number of sulfonamides is 1. The Hall–Kier alpha value is -2.85. The summed E-state index contributed by atoms with van der Waals surface area (Å²) in [5.74, 6) is -2.73. The van der Waals surface area contributed by atoms with E-state index in [1.54, 1.807) is 0 Å². The summed E-state index contributed by atoms with van der Waals surface area (Å²) < 4.78 is 56.7. The molecule has 0 fully saturated rings. The Labute approximate surface area is 154 Å². The number of benzene rings is 2. The lowest BCUT2D eigenvalue weighted by molar-refractivity contribution is -0.148. The molecule has 0 saturated heterocycles. The van der Waals surface area contributed by atoms with Gasteiger partial charge < -0.3 is 10.1 Å². The quantitative estimate of drug-likeness (QED) is 0.693. The summed E-state index contributed by atoms with van der Waals surface area (Å²) in [5.41, 5.74) is 0.308. The fraction of sp³-hybridized carbons (Fsp3) is 0.176. The largest absolute Gasteiger partial charge is 0.454 e. The fourth-order valence-corrected chi connectivity index (χ4v) is 3.15. The summed E-state index contributed by atoms with van der Waals surface area (Å²) in [6.07, 6.45) is 0. The zero-order chi connectivity index (χ0) is 20.0. The van der Waals surface area contributed by atoms with Gasteiger partial charge in [0.15, 0.2) is 6.61 Å². The van der Waals surface area contributed by atoms with Crippen molar-refractivity contribution in [2.75, 3.05) is 11.9 Å². The van der Waals surface area contributed by atoms with Gasteiger partial charge in [-0.05, 0) is 55.5 Å². The third-order valence-corrected chi connectivity index (χ3v) is 4.84. The number of hydrogen-bond acceptors (Lipinski definition) is 5. The van der Waals surface area contributed by atoms with Crippen LogP contribution in [0.15, 0.2) is 53.4 Å². The Kier molecular flexibility index (Phi) is 6.59. The second kappa shape index (κ2) is 8.69. The minimum atomic E-state index is -4.07. The monoisotopic (exact) mass is 398 g/mol. The molecule has 27 heavy (non-hydrogen) atoms. The molecule has 0 saturated carbocycles. The molecule has 0 aliphatic carbocycles. The average Bonchev–Trinajstić information content (AvgIpc) is 2.61. The smallest absolute Gasteiger partial charge is 0.324 e. The van der Waals surface area contributed by atoms with E-state index in [1.807, 2.05) is 0 Å². The fourth-order valence-electron chi connectivity index (χ4n) is 1.95. The van der Waals surface area contributed by atoms with Crippen molar-refractivity contribution in [1.82, 2.24) is 4.72 Å². The summed E-state index contributed by atoms with van der Waals surface area (Å²) >= 11 is 0. The number of rotatable bonds is 7. The number of carbonyl (C=O) groups excluding carboxylic acids is 2. The first-order chi connectivity index (χ1) is 12.7. The number of anilines is 1. The highest BCUT2D eigenvalue weighted by molar-refractivity contribution is 7.89. The molecule has 0 radical (unpaired) electrons. The molecule has 0 unspecified atom stereocenters. The van der Waals surface area contributed by atoms with Crippen molar-refractivity contribution in [2.45, 2.75) is 17.9 Å². The van der Waals surface area contributed by atoms with Crippen molar-refractivity contribution in [1.29, 1.82) is 0 Å². The van der Waals surface area contributed by atoms with E-state index in [1.165, 1.54) is 19.1 Å². The number of carbonyl (C=O) groups is 2. The predicted molar refractivity (Wildman–Crippen MR) is 92.2 cm³/mol. The van der Waals surface area contributed by atoms with Crippen LogP contribution in [0, 0.1) is 11.6 Å². The SMILES string of the molecule is C[C@H](NS(=O)(=O)c1ccc(F)cc1)C(=O)OCC(=O)Nc1ccc(F)cc1. The summed E-state index contributed by atoms with van der Waals surface area (Å²) in [7, 11) is -4.07. The highest BCUT2D eigenvalue weighted by Gasteiger charge is 2.23. The molecular weight excluding hydrogens is 382 g/mol. The lowest BCUT2D eigenvalue weighted by Crippen LogP contribution is -2.40.